The molecular formula is C21H18ClN5O2. The normalized spacial score (nSPS) is 10.4. The van der Waals surface area contributed by atoms with Crippen molar-refractivity contribution in [2.24, 2.45) is 5.73 Å². The number of nitriles is 1. The Morgan fingerprint density at radius 3 is 2.69 bits per heavy atom. The number of amides is 2. The number of benzene rings is 2. The van der Waals surface area contributed by atoms with Gasteiger partial charge in [-0.15, -0.1) is 0 Å². The van der Waals surface area contributed by atoms with Crippen LogP contribution in [0.15, 0.2) is 48.7 Å². The lowest BCUT2D eigenvalue weighted by molar-refractivity contribution is -0.117. The Morgan fingerprint density at radius 1 is 1.24 bits per heavy atom. The molecule has 2 amide bonds. The Hall–Kier alpha value is -3.63. The molecular weight excluding hydrogens is 390 g/mol. The van der Waals surface area contributed by atoms with Crippen LogP contribution in [0, 0.1) is 18.3 Å². The third-order valence-corrected chi connectivity index (χ3v) is 4.72. The molecule has 0 spiro atoms. The molecule has 0 radical (unpaired) electrons. The van der Waals surface area contributed by atoms with Crippen molar-refractivity contribution >= 4 is 23.4 Å². The van der Waals surface area contributed by atoms with Gasteiger partial charge in [0.25, 0.3) is 5.91 Å². The Morgan fingerprint density at radius 2 is 2.00 bits per heavy atom. The van der Waals surface area contributed by atoms with E-state index >= 15 is 0 Å². The average molecular weight is 408 g/mol. The van der Waals surface area contributed by atoms with Crippen LogP contribution in [0.2, 0.25) is 5.02 Å². The van der Waals surface area contributed by atoms with Crippen LogP contribution in [-0.4, -0.2) is 28.1 Å². The standard InChI is InChI=1S/C21H18ClN5O2/c1-13-16(12-27(26-13)17-7-6-15(10-23)19(22)9-17)8-14-4-2-3-5-18(14)21(29)25-11-20(24)28/h2-7,9,12H,8,11H2,1H3,(H2,24,28)(H,25,29). The molecule has 29 heavy (non-hydrogen) atoms. The summed E-state index contributed by atoms with van der Waals surface area (Å²) in [4.78, 5) is 23.3. The van der Waals surface area contributed by atoms with Crippen LogP contribution < -0.4 is 11.1 Å². The van der Waals surface area contributed by atoms with E-state index in [-0.39, 0.29) is 12.5 Å². The highest BCUT2D eigenvalue weighted by molar-refractivity contribution is 6.31. The molecule has 0 fully saturated rings. The van der Waals surface area contributed by atoms with E-state index in [9.17, 15) is 9.59 Å². The summed E-state index contributed by atoms with van der Waals surface area (Å²) in [6.07, 6.45) is 2.35. The number of carbonyl (C=O) groups excluding carboxylic acids is 2. The van der Waals surface area contributed by atoms with Crippen LogP contribution in [0.25, 0.3) is 5.69 Å². The first-order valence-electron chi connectivity index (χ1n) is 8.78. The van der Waals surface area contributed by atoms with E-state index in [2.05, 4.69) is 10.4 Å². The highest BCUT2D eigenvalue weighted by Crippen LogP contribution is 2.22. The molecule has 0 aliphatic carbocycles. The number of aryl methyl sites for hydroxylation is 1. The lowest BCUT2D eigenvalue weighted by atomic mass is 10.00. The smallest absolute Gasteiger partial charge is 0.252 e. The summed E-state index contributed by atoms with van der Waals surface area (Å²) in [5.41, 5.74) is 9.24. The lowest BCUT2D eigenvalue weighted by Gasteiger charge is -2.09. The van der Waals surface area contributed by atoms with Crippen molar-refractivity contribution in [3.8, 4) is 11.8 Å². The van der Waals surface area contributed by atoms with E-state index in [4.69, 9.17) is 22.6 Å². The van der Waals surface area contributed by atoms with E-state index in [1.54, 1.807) is 35.0 Å². The third kappa shape index (κ3) is 4.62. The van der Waals surface area contributed by atoms with Crippen LogP contribution in [0.3, 0.4) is 0 Å². The minimum absolute atomic E-state index is 0.219. The van der Waals surface area contributed by atoms with Crippen molar-refractivity contribution in [3.63, 3.8) is 0 Å². The maximum Gasteiger partial charge on any atom is 0.252 e. The van der Waals surface area contributed by atoms with Crippen molar-refractivity contribution in [2.45, 2.75) is 13.3 Å². The molecule has 0 atom stereocenters. The second-order valence-corrected chi connectivity index (χ2v) is 6.85. The molecule has 1 aromatic heterocycles. The van der Waals surface area contributed by atoms with E-state index in [1.807, 2.05) is 31.3 Å². The number of nitrogens with two attached hydrogens (primary N) is 1. The molecule has 0 unspecified atom stereocenters. The molecule has 3 N–H and O–H groups in total. The van der Waals surface area contributed by atoms with Crippen LogP contribution in [0.5, 0.6) is 0 Å². The van der Waals surface area contributed by atoms with Crippen LogP contribution in [0.1, 0.15) is 32.7 Å². The highest BCUT2D eigenvalue weighted by atomic mass is 35.5. The van der Waals surface area contributed by atoms with Gasteiger partial charge < -0.3 is 11.1 Å². The van der Waals surface area contributed by atoms with Crippen molar-refractivity contribution in [2.75, 3.05) is 6.54 Å². The second-order valence-electron chi connectivity index (χ2n) is 6.44. The molecule has 0 aliphatic rings. The Balaban J connectivity index is 1.87. The van der Waals surface area contributed by atoms with Gasteiger partial charge >= 0.3 is 0 Å². The molecule has 8 heteroatoms. The number of nitrogens with zero attached hydrogens (tertiary/aromatic N) is 3. The highest BCUT2D eigenvalue weighted by Gasteiger charge is 2.15. The first-order valence-corrected chi connectivity index (χ1v) is 9.16. The molecule has 146 valence electrons. The van der Waals surface area contributed by atoms with Gasteiger partial charge in [0.15, 0.2) is 0 Å². The topological polar surface area (TPSA) is 114 Å². The fraction of sp³-hybridized carbons (Fsp3) is 0.143. The first kappa shape index (κ1) is 20.1. The number of nitrogens with one attached hydrogen (secondary N) is 1. The first-order chi connectivity index (χ1) is 13.9. The Kier molecular flexibility index (Phi) is 5.96. The number of carbonyl (C=O) groups is 2. The zero-order valence-corrected chi connectivity index (χ0v) is 16.4. The minimum Gasteiger partial charge on any atom is -0.368 e. The maximum absolute atomic E-state index is 12.4. The maximum atomic E-state index is 12.4. The number of rotatable bonds is 6. The average Bonchev–Trinajstić information content (AvgIpc) is 3.07. The number of aromatic nitrogens is 2. The van der Waals surface area contributed by atoms with Crippen molar-refractivity contribution in [1.82, 2.24) is 15.1 Å². The zero-order chi connectivity index (χ0) is 21.0. The quantitative estimate of drug-likeness (QED) is 0.653. The monoisotopic (exact) mass is 407 g/mol. The Labute approximate surface area is 172 Å². The van der Waals surface area contributed by atoms with E-state index in [0.717, 1.165) is 22.5 Å². The summed E-state index contributed by atoms with van der Waals surface area (Å²) in [6.45, 7) is 1.66. The summed E-state index contributed by atoms with van der Waals surface area (Å²) in [5.74, 6) is -0.961. The van der Waals surface area contributed by atoms with Gasteiger partial charge in [0.1, 0.15) is 6.07 Å². The van der Waals surface area contributed by atoms with Gasteiger partial charge in [0, 0.05) is 18.2 Å². The minimum atomic E-state index is -0.603. The lowest BCUT2D eigenvalue weighted by Crippen LogP contribution is -2.33. The van der Waals surface area contributed by atoms with Crippen LogP contribution >= 0.6 is 11.6 Å². The largest absolute Gasteiger partial charge is 0.368 e. The molecule has 2 aromatic carbocycles. The second kappa shape index (κ2) is 8.59. The van der Waals surface area contributed by atoms with E-state index in [0.29, 0.717) is 22.6 Å². The third-order valence-electron chi connectivity index (χ3n) is 4.40. The molecule has 7 nitrogen and oxygen atoms in total. The molecule has 1 heterocycles. The van der Waals surface area contributed by atoms with Gasteiger partial charge in [0.05, 0.1) is 28.5 Å². The van der Waals surface area contributed by atoms with Gasteiger partial charge in [-0.05, 0) is 42.3 Å². The molecule has 3 rings (SSSR count). The van der Waals surface area contributed by atoms with Gasteiger partial charge in [-0.25, -0.2) is 4.68 Å². The number of hydrogen-bond acceptors (Lipinski definition) is 4. The van der Waals surface area contributed by atoms with E-state index < -0.39 is 5.91 Å². The summed E-state index contributed by atoms with van der Waals surface area (Å²) >= 11 is 6.12. The van der Waals surface area contributed by atoms with Crippen LogP contribution in [0.4, 0.5) is 0 Å². The van der Waals surface area contributed by atoms with Gasteiger partial charge in [-0.1, -0.05) is 29.8 Å². The predicted molar refractivity (Wildman–Crippen MR) is 109 cm³/mol. The van der Waals surface area contributed by atoms with Crippen molar-refractivity contribution < 1.29 is 9.59 Å². The Bertz CT molecular complexity index is 1130. The van der Waals surface area contributed by atoms with Gasteiger partial charge in [-0.3, -0.25) is 9.59 Å². The fourth-order valence-corrected chi connectivity index (χ4v) is 3.12. The SMILES string of the molecule is Cc1nn(-c2ccc(C#N)c(Cl)c2)cc1Cc1ccccc1C(=O)NCC(N)=O. The summed E-state index contributed by atoms with van der Waals surface area (Å²) in [6, 6.07) is 14.3. The molecule has 3 aromatic rings. The number of primary amides is 1. The van der Waals surface area contributed by atoms with E-state index in [1.165, 1.54) is 0 Å². The summed E-state index contributed by atoms with van der Waals surface area (Å²) in [7, 11) is 0. The zero-order valence-electron chi connectivity index (χ0n) is 15.6. The molecule has 0 aliphatic heterocycles. The van der Waals surface area contributed by atoms with Gasteiger partial charge in [-0.2, -0.15) is 10.4 Å². The van der Waals surface area contributed by atoms with Crippen LogP contribution in [-0.2, 0) is 11.2 Å². The fourth-order valence-electron chi connectivity index (χ4n) is 2.90. The molecule has 0 saturated carbocycles. The van der Waals surface area contributed by atoms with Crippen molar-refractivity contribution in [1.29, 1.82) is 5.26 Å². The number of halogens is 1. The molecule has 0 bridgehead atoms. The van der Waals surface area contributed by atoms with Gasteiger partial charge in [0.2, 0.25) is 5.91 Å². The summed E-state index contributed by atoms with van der Waals surface area (Å²) in [5, 5.41) is 16.4. The summed E-state index contributed by atoms with van der Waals surface area (Å²) < 4.78 is 1.69. The predicted octanol–water partition coefficient (Wildman–Crippen LogP) is 2.51. The van der Waals surface area contributed by atoms with Crippen molar-refractivity contribution in [3.05, 3.63) is 81.6 Å². The number of hydrogen-bond donors (Lipinski definition) is 2. The molecule has 0 saturated heterocycles.